The van der Waals surface area contributed by atoms with Crippen LogP contribution in [0.4, 0.5) is 10.1 Å². The van der Waals surface area contributed by atoms with Gasteiger partial charge in [0.25, 0.3) is 15.9 Å². The van der Waals surface area contributed by atoms with Crippen LogP contribution < -0.4 is 10.0 Å². The molecule has 0 spiro atoms. The highest BCUT2D eigenvalue weighted by Crippen LogP contribution is 2.20. The Morgan fingerprint density at radius 3 is 2.63 bits per heavy atom. The van der Waals surface area contributed by atoms with Gasteiger partial charge in [0.15, 0.2) is 0 Å². The number of benzene rings is 2. The van der Waals surface area contributed by atoms with Crippen molar-refractivity contribution in [1.82, 2.24) is 5.32 Å². The molecule has 2 aromatic rings. The van der Waals surface area contributed by atoms with Crippen LogP contribution in [0.5, 0.6) is 0 Å². The molecule has 1 saturated heterocycles. The number of rotatable bonds is 6. The second-order valence-electron chi connectivity index (χ2n) is 6.43. The molecule has 0 radical (unpaired) electrons. The molecular weight excluding hydrogens is 371 g/mol. The molecule has 1 heterocycles. The maximum Gasteiger partial charge on any atom is 0.261 e. The molecule has 0 aliphatic carbocycles. The highest BCUT2D eigenvalue weighted by molar-refractivity contribution is 7.92. The zero-order valence-corrected chi connectivity index (χ0v) is 15.7. The molecule has 2 N–H and O–H groups in total. The van der Waals surface area contributed by atoms with Crippen LogP contribution in [0.2, 0.25) is 0 Å². The number of nitrogens with one attached hydrogen (secondary N) is 2. The number of amides is 1. The predicted molar refractivity (Wildman–Crippen MR) is 99.7 cm³/mol. The fourth-order valence-electron chi connectivity index (χ4n) is 2.85. The highest BCUT2D eigenvalue weighted by atomic mass is 32.2. The lowest BCUT2D eigenvalue weighted by Crippen LogP contribution is -2.32. The number of carbonyl (C=O) groups excluding carboxylic acids is 1. The van der Waals surface area contributed by atoms with Crippen molar-refractivity contribution in [2.45, 2.75) is 30.8 Å². The van der Waals surface area contributed by atoms with Crippen molar-refractivity contribution in [1.29, 1.82) is 0 Å². The van der Waals surface area contributed by atoms with Crippen molar-refractivity contribution in [2.75, 3.05) is 17.9 Å². The van der Waals surface area contributed by atoms with Gasteiger partial charge in [0.1, 0.15) is 5.82 Å². The topological polar surface area (TPSA) is 84.5 Å². The Hall–Kier alpha value is -2.45. The number of halogens is 1. The summed E-state index contributed by atoms with van der Waals surface area (Å²) >= 11 is 0. The molecule has 3 rings (SSSR count). The van der Waals surface area contributed by atoms with Gasteiger partial charge in [-0.15, -0.1) is 0 Å². The molecule has 2 aromatic carbocycles. The van der Waals surface area contributed by atoms with Gasteiger partial charge < -0.3 is 10.1 Å². The van der Waals surface area contributed by atoms with E-state index < -0.39 is 15.8 Å². The number of sulfonamides is 1. The third-order valence-corrected chi connectivity index (χ3v) is 5.75. The summed E-state index contributed by atoms with van der Waals surface area (Å²) in [5.41, 5.74) is 1.19. The third kappa shape index (κ3) is 4.84. The van der Waals surface area contributed by atoms with Crippen molar-refractivity contribution in [2.24, 2.45) is 0 Å². The van der Waals surface area contributed by atoms with E-state index in [1.807, 2.05) is 0 Å². The van der Waals surface area contributed by atoms with Crippen LogP contribution in [0.1, 0.15) is 28.8 Å². The maximum atomic E-state index is 13.0. The zero-order valence-electron chi connectivity index (χ0n) is 14.9. The van der Waals surface area contributed by atoms with Crippen LogP contribution >= 0.6 is 0 Å². The molecule has 1 fully saturated rings. The molecule has 1 amide bonds. The third-order valence-electron chi connectivity index (χ3n) is 4.37. The Morgan fingerprint density at radius 1 is 1.22 bits per heavy atom. The first-order valence-electron chi connectivity index (χ1n) is 8.64. The van der Waals surface area contributed by atoms with Crippen molar-refractivity contribution >= 4 is 21.6 Å². The Morgan fingerprint density at radius 2 is 1.96 bits per heavy atom. The Bertz CT molecular complexity index is 923. The summed E-state index contributed by atoms with van der Waals surface area (Å²) in [5, 5.41) is 2.80. The molecule has 1 aliphatic heterocycles. The maximum absolute atomic E-state index is 13.0. The molecule has 0 unspecified atom stereocenters. The summed E-state index contributed by atoms with van der Waals surface area (Å²) in [6.07, 6.45) is 1.87. The van der Waals surface area contributed by atoms with E-state index in [0.29, 0.717) is 18.7 Å². The van der Waals surface area contributed by atoms with Crippen LogP contribution in [0.25, 0.3) is 0 Å². The molecular formula is C19H21FN2O4S. The predicted octanol–water partition coefficient (Wildman–Crippen LogP) is 2.84. The van der Waals surface area contributed by atoms with Gasteiger partial charge in [0.05, 0.1) is 11.0 Å². The molecule has 144 valence electrons. The molecule has 27 heavy (non-hydrogen) atoms. The van der Waals surface area contributed by atoms with E-state index in [2.05, 4.69) is 10.0 Å². The fourth-order valence-corrected chi connectivity index (χ4v) is 3.94. The van der Waals surface area contributed by atoms with E-state index in [1.54, 1.807) is 13.0 Å². The average Bonchev–Trinajstić information content (AvgIpc) is 3.15. The first kappa shape index (κ1) is 19.3. The van der Waals surface area contributed by atoms with Crippen LogP contribution in [-0.2, 0) is 14.8 Å². The van der Waals surface area contributed by atoms with Crippen LogP contribution in [0.3, 0.4) is 0 Å². The first-order valence-corrected chi connectivity index (χ1v) is 10.1. The lowest BCUT2D eigenvalue weighted by molar-refractivity contribution is 0.0857. The first-order chi connectivity index (χ1) is 12.8. The number of hydrogen-bond acceptors (Lipinski definition) is 4. The fraction of sp³-hybridized carbons (Fsp3) is 0.316. The van der Waals surface area contributed by atoms with Crippen molar-refractivity contribution < 1.29 is 22.3 Å². The second-order valence-corrected chi connectivity index (χ2v) is 8.12. The van der Waals surface area contributed by atoms with Gasteiger partial charge in [0.2, 0.25) is 0 Å². The molecule has 0 aromatic heterocycles. The SMILES string of the molecule is Cc1ccc(S(=O)(=O)Nc2ccc(F)cc2)cc1C(=O)NC[C@@H]1CCCO1. The summed E-state index contributed by atoms with van der Waals surface area (Å²) in [4.78, 5) is 12.4. The number of ether oxygens (including phenoxy) is 1. The van der Waals surface area contributed by atoms with Crippen molar-refractivity contribution in [3.8, 4) is 0 Å². The quantitative estimate of drug-likeness (QED) is 0.792. The van der Waals surface area contributed by atoms with E-state index in [4.69, 9.17) is 4.74 Å². The van der Waals surface area contributed by atoms with Gasteiger partial charge in [-0.25, -0.2) is 12.8 Å². The van der Waals surface area contributed by atoms with Gasteiger partial charge in [0, 0.05) is 24.4 Å². The highest BCUT2D eigenvalue weighted by Gasteiger charge is 2.20. The number of hydrogen-bond donors (Lipinski definition) is 2. The standard InChI is InChI=1S/C19H21FN2O4S/c1-13-4-9-17(27(24,25)22-15-7-5-14(20)6-8-15)11-18(13)19(23)21-12-16-3-2-10-26-16/h4-9,11,16,22H,2-3,10,12H2,1H3,(H,21,23)/t16-/m0/s1. The Labute approximate surface area is 157 Å². The van der Waals surface area contributed by atoms with E-state index in [9.17, 15) is 17.6 Å². The Kier molecular flexibility index (Phi) is 5.76. The van der Waals surface area contributed by atoms with Gasteiger partial charge in [-0.3, -0.25) is 9.52 Å². The molecule has 8 heteroatoms. The number of carbonyl (C=O) groups is 1. The monoisotopic (exact) mass is 392 g/mol. The van der Waals surface area contributed by atoms with Crippen LogP contribution in [0, 0.1) is 12.7 Å². The lowest BCUT2D eigenvalue weighted by atomic mass is 10.1. The van der Waals surface area contributed by atoms with Crippen LogP contribution in [0.15, 0.2) is 47.4 Å². The Balaban J connectivity index is 1.76. The average molecular weight is 392 g/mol. The van der Waals surface area contributed by atoms with Gasteiger partial charge in [-0.05, 0) is 61.7 Å². The summed E-state index contributed by atoms with van der Waals surface area (Å²) in [7, 11) is -3.91. The van der Waals surface area contributed by atoms with Gasteiger partial charge >= 0.3 is 0 Å². The van der Waals surface area contributed by atoms with E-state index in [0.717, 1.165) is 25.0 Å². The summed E-state index contributed by atoms with van der Waals surface area (Å²) in [5.74, 6) is -0.805. The number of aryl methyl sites for hydroxylation is 1. The molecule has 6 nitrogen and oxygen atoms in total. The molecule has 1 aliphatic rings. The summed E-state index contributed by atoms with van der Waals surface area (Å²) in [6.45, 7) is 2.83. The van der Waals surface area contributed by atoms with Crippen LogP contribution in [-0.4, -0.2) is 33.6 Å². The van der Waals surface area contributed by atoms with Crippen molar-refractivity contribution in [3.63, 3.8) is 0 Å². The van der Waals surface area contributed by atoms with Crippen molar-refractivity contribution in [3.05, 3.63) is 59.4 Å². The molecule has 0 saturated carbocycles. The zero-order chi connectivity index (χ0) is 19.4. The smallest absolute Gasteiger partial charge is 0.261 e. The normalized spacial score (nSPS) is 16.9. The minimum atomic E-state index is -3.91. The molecule has 1 atom stereocenters. The minimum Gasteiger partial charge on any atom is -0.376 e. The van der Waals surface area contributed by atoms with Gasteiger partial charge in [-0.1, -0.05) is 6.07 Å². The number of anilines is 1. The largest absolute Gasteiger partial charge is 0.376 e. The molecule has 0 bridgehead atoms. The van der Waals surface area contributed by atoms with E-state index >= 15 is 0 Å². The minimum absolute atomic E-state index is 0.00122. The summed E-state index contributed by atoms with van der Waals surface area (Å²) < 4.78 is 46.0. The van der Waals surface area contributed by atoms with E-state index in [-0.39, 0.29) is 28.2 Å². The lowest BCUT2D eigenvalue weighted by Gasteiger charge is -2.13. The van der Waals surface area contributed by atoms with E-state index in [1.165, 1.54) is 24.3 Å². The second kappa shape index (κ2) is 8.06. The summed E-state index contributed by atoms with van der Waals surface area (Å²) in [6, 6.07) is 9.34. The van der Waals surface area contributed by atoms with Gasteiger partial charge in [-0.2, -0.15) is 0 Å².